The molecule has 9 atom stereocenters. The highest BCUT2D eigenvalue weighted by atomic mass is 16.5. The molecular formula is C30H45NO5. The Labute approximate surface area is 215 Å². The topological polar surface area (TPSA) is 87.1 Å². The molecular weight excluding hydrogens is 454 g/mol. The number of aliphatic carboxylic acids is 1. The van der Waals surface area contributed by atoms with Crippen molar-refractivity contribution in [3.63, 3.8) is 0 Å². The zero-order valence-corrected chi connectivity index (χ0v) is 22.2. The molecule has 6 rings (SSSR count). The summed E-state index contributed by atoms with van der Waals surface area (Å²) in [5.74, 6) is 0.0298. The molecule has 6 heteroatoms. The molecule has 0 spiro atoms. The maximum absolute atomic E-state index is 12.7. The van der Waals surface area contributed by atoms with E-state index in [0.29, 0.717) is 12.3 Å². The standard InChI is InChI=1S/C30H45NO5/c1-28-10-8-22(31-12-4-3-5-13-31)16-21(28)6-7-24-23(28)9-11-29(2)27(20-15-26(34)36-18-20)19(14-25(32)33)17-30(24,29)35/h15,19,21-24,27,35H,3-14,16-18H2,1-2H3,(H,32,33)/t19-,21-,22+,23+,24-,27-,28+,29-,30+/m1/s1. The number of piperidine rings is 1. The minimum atomic E-state index is -0.884. The van der Waals surface area contributed by atoms with Crippen molar-refractivity contribution in [1.29, 1.82) is 0 Å². The fraction of sp³-hybridized carbons (Fsp3) is 0.867. The predicted octanol–water partition coefficient (Wildman–Crippen LogP) is 4.80. The second kappa shape index (κ2) is 8.83. The Balaban J connectivity index is 1.28. The van der Waals surface area contributed by atoms with Crippen LogP contribution in [0.4, 0.5) is 0 Å². The average Bonchev–Trinajstić information content (AvgIpc) is 3.36. The summed E-state index contributed by atoms with van der Waals surface area (Å²) in [6.07, 6.45) is 14.3. The minimum absolute atomic E-state index is 0.0445. The number of carbonyl (C=O) groups is 2. The number of fused-ring (bicyclic) bond motifs is 5. The van der Waals surface area contributed by atoms with Gasteiger partial charge in [0.2, 0.25) is 0 Å². The van der Waals surface area contributed by atoms with E-state index < -0.39 is 17.0 Å². The van der Waals surface area contributed by atoms with Gasteiger partial charge in [0.1, 0.15) is 6.61 Å². The van der Waals surface area contributed by atoms with Crippen LogP contribution in [0.1, 0.15) is 90.9 Å². The van der Waals surface area contributed by atoms with Gasteiger partial charge in [-0.1, -0.05) is 20.3 Å². The maximum Gasteiger partial charge on any atom is 0.331 e. The lowest BCUT2D eigenvalue weighted by Gasteiger charge is -2.64. The summed E-state index contributed by atoms with van der Waals surface area (Å²) < 4.78 is 5.28. The number of carboxylic acids is 1. The first-order chi connectivity index (χ1) is 17.2. The lowest BCUT2D eigenvalue weighted by Crippen LogP contribution is -2.62. The van der Waals surface area contributed by atoms with Crippen molar-refractivity contribution in [3.8, 4) is 0 Å². The van der Waals surface area contributed by atoms with Crippen LogP contribution in [0, 0.1) is 40.4 Å². The molecule has 0 amide bonds. The van der Waals surface area contributed by atoms with E-state index in [-0.39, 0.29) is 42.2 Å². The number of carbonyl (C=O) groups excluding carboxylic acids is 1. The van der Waals surface area contributed by atoms with Crippen molar-refractivity contribution >= 4 is 11.9 Å². The van der Waals surface area contributed by atoms with Crippen molar-refractivity contribution in [3.05, 3.63) is 11.6 Å². The van der Waals surface area contributed by atoms with Gasteiger partial charge in [-0.25, -0.2) is 4.79 Å². The summed E-state index contributed by atoms with van der Waals surface area (Å²) in [7, 11) is 0. The average molecular weight is 500 g/mol. The zero-order chi connectivity index (χ0) is 25.3. The lowest BCUT2D eigenvalue weighted by molar-refractivity contribution is -0.206. The fourth-order valence-corrected chi connectivity index (χ4v) is 10.7. The van der Waals surface area contributed by atoms with Gasteiger partial charge in [-0.3, -0.25) is 4.79 Å². The molecule has 2 N–H and O–H groups in total. The van der Waals surface area contributed by atoms with Crippen LogP contribution in [-0.4, -0.2) is 58.4 Å². The minimum Gasteiger partial charge on any atom is -0.481 e. The Morgan fingerprint density at radius 3 is 2.56 bits per heavy atom. The van der Waals surface area contributed by atoms with Crippen LogP contribution < -0.4 is 0 Å². The number of hydrogen-bond donors (Lipinski definition) is 2. The summed E-state index contributed by atoms with van der Waals surface area (Å²) in [4.78, 5) is 26.6. The van der Waals surface area contributed by atoms with E-state index in [0.717, 1.165) is 36.8 Å². The Morgan fingerprint density at radius 2 is 1.86 bits per heavy atom. The van der Waals surface area contributed by atoms with Crippen LogP contribution in [0.15, 0.2) is 11.6 Å². The number of esters is 1. The number of hydrogen-bond acceptors (Lipinski definition) is 5. The van der Waals surface area contributed by atoms with E-state index in [1.165, 1.54) is 58.0 Å². The number of nitrogens with zero attached hydrogens (tertiary/aromatic N) is 1. The number of cyclic esters (lactones) is 1. The van der Waals surface area contributed by atoms with E-state index >= 15 is 0 Å². The molecule has 0 unspecified atom stereocenters. The molecule has 2 aliphatic heterocycles. The quantitative estimate of drug-likeness (QED) is 0.541. The summed E-state index contributed by atoms with van der Waals surface area (Å²) in [5.41, 5.74) is -0.129. The van der Waals surface area contributed by atoms with Gasteiger partial charge in [-0.15, -0.1) is 0 Å². The number of rotatable bonds is 4. The molecule has 4 saturated carbocycles. The van der Waals surface area contributed by atoms with Gasteiger partial charge in [0.25, 0.3) is 0 Å². The van der Waals surface area contributed by atoms with Crippen molar-refractivity contribution in [1.82, 2.24) is 4.90 Å². The Morgan fingerprint density at radius 1 is 1.08 bits per heavy atom. The molecule has 2 heterocycles. The summed E-state index contributed by atoms with van der Waals surface area (Å²) in [6, 6.07) is 0.736. The van der Waals surface area contributed by atoms with Gasteiger partial charge < -0.3 is 19.8 Å². The molecule has 4 aliphatic carbocycles. The van der Waals surface area contributed by atoms with E-state index in [1.807, 2.05) is 0 Å². The monoisotopic (exact) mass is 499 g/mol. The van der Waals surface area contributed by atoms with Gasteiger partial charge in [-0.2, -0.15) is 0 Å². The van der Waals surface area contributed by atoms with Crippen LogP contribution in [0.2, 0.25) is 0 Å². The molecule has 0 bridgehead atoms. The van der Waals surface area contributed by atoms with Crippen molar-refractivity contribution < 1.29 is 24.5 Å². The fourth-order valence-electron chi connectivity index (χ4n) is 10.7. The first kappa shape index (κ1) is 24.9. The summed E-state index contributed by atoms with van der Waals surface area (Å²) >= 11 is 0. The highest BCUT2D eigenvalue weighted by Gasteiger charge is 2.70. The van der Waals surface area contributed by atoms with E-state index in [4.69, 9.17) is 4.74 Å². The van der Waals surface area contributed by atoms with Gasteiger partial charge in [0.05, 0.1) is 5.60 Å². The molecule has 200 valence electrons. The van der Waals surface area contributed by atoms with Crippen LogP contribution in [0.3, 0.4) is 0 Å². The third-order valence-electron chi connectivity index (χ3n) is 12.4. The van der Waals surface area contributed by atoms with Gasteiger partial charge >= 0.3 is 11.9 Å². The first-order valence-corrected chi connectivity index (χ1v) is 14.7. The maximum atomic E-state index is 12.7. The van der Waals surface area contributed by atoms with E-state index in [1.54, 1.807) is 6.08 Å². The predicted molar refractivity (Wildman–Crippen MR) is 136 cm³/mol. The molecule has 6 nitrogen and oxygen atoms in total. The van der Waals surface area contributed by atoms with Crippen LogP contribution >= 0.6 is 0 Å². The zero-order valence-electron chi connectivity index (χ0n) is 22.2. The molecule has 5 fully saturated rings. The second-order valence-corrected chi connectivity index (χ2v) is 13.8. The molecule has 0 aromatic rings. The third kappa shape index (κ3) is 3.64. The van der Waals surface area contributed by atoms with Gasteiger partial charge in [-0.05, 0) is 118 Å². The molecule has 6 aliphatic rings. The number of likely N-dealkylation sites (tertiary alicyclic amines) is 1. The van der Waals surface area contributed by atoms with Crippen molar-refractivity contribution in [2.45, 2.75) is 103 Å². The third-order valence-corrected chi connectivity index (χ3v) is 12.4. The highest BCUT2D eigenvalue weighted by molar-refractivity contribution is 5.85. The molecule has 0 aromatic carbocycles. The first-order valence-electron chi connectivity index (χ1n) is 14.7. The molecule has 36 heavy (non-hydrogen) atoms. The Kier molecular flexibility index (Phi) is 6.11. The molecule has 0 radical (unpaired) electrons. The van der Waals surface area contributed by atoms with Crippen LogP contribution in [0.25, 0.3) is 0 Å². The van der Waals surface area contributed by atoms with Crippen LogP contribution in [0.5, 0.6) is 0 Å². The van der Waals surface area contributed by atoms with E-state index in [2.05, 4.69) is 18.7 Å². The summed E-state index contributed by atoms with van der Waals surface area (Å²) in [5, 5.41) is 22.4. The van der Waals surface area contributed by atoms with Gasteiger partial charge in [0, 0.05) is 24.0 Å². The second-order valence-electron chi connectivity index (χ2n) is 13.8. The number of ether oxygens (including phenoxy) is 1. The van der Waals surface area contributed by atoms with Crippen LogP contribution in [-0.2, 0) is 14.3 Å². The lowest BCUT2D eigenvalue weighted by atomic mass is 9.43. The summed E-state index contributed by atoms with van der Waals surface area (Å²) in [6.45, 7) is 7.51. The molecule has 0 aromatic heterocycles. The van der Waals surface area contributed by atoms with E-state index in [9.17, 15) is 19.8 Å². The normalized spacial score (nSPS) is 49.0. The highest BCUT2D eigenvalue weighted by Crippen LogP contribution is 2.71. The van der Waals surface area contributed by atoms with Crippen molar-refractivity contribution in [2.75, 3.05) is 19.7 Å². The largest absolute Gasteiger partial charge is 0.481 e. The molecule has 1 saturated heterocycles. The Bertz CT molecular complexity index is 942. The number of carboxylic acid groups (broad SMARTS) is 1. The SMILES string of the molecule is C[C@]12CC[C@H](N3CCCCC3)C[C@H]1CC[C@@H]1[C@@H]2CC[C@]2(C)[C@@H](C3=CC(=O)OC3)[C@H](CC(=O)O)C[C@]12O. The van der Waals surface area contributed by atoms with Crippen molar-refractivity contribution in [2.24, 2.45) is 40.4 Å². The van der Waals surface area contributed by atoms with Gasteiger partial charge in [0.15, 0.2) is 0 Å². The smallest absolute Gasteiger partial charge is 0.331 e. The Hall–Kier alpha value is -1.40. The number of aliphatic hydroxyl groups is 1.